The van der Waals surface area contributed by atoms with Gasteiger partial charge in [-0.05, 0) is 48.7 Å². The normalized spacial score (nSPS) is 16.2. The molecule has 0 saturated carbocycles. The summed E-state index contributed by atoms with van der Waals surface area (Å²) in [5.74, 6) is -0.0196. The monoisotopic (exact) mass is 507 g/mol. The first kappa shape index (κ1) is 25.6. The number of carboxylic acids is 1. The van der Waals surface area contributed by atoms with E-state index >= 15 is 0 Å². The summed E-state index contributed by atoms with van der Waals surface area (Å²) in [4.78, 5) is 26.4. The Balaban J connectivity index is 1.56. The highest BCUT2D eigenvalue weighted by atomic mass is 35.5. The average Bonchev–Trinajstić information content (AvgIpc) is 3.20. The van der Waals surface area contributed by atoms with Crippen LogP contribution in [0.3, 0.4) is 0 Å². The van der Waals surface area contributed by atoms with Crippen LogP contribution in [-0.2, 0) is 24.1 Å². The number of rotatable bonds is 10. The van der Waals surface area contributed by atoms with Crippen molar-refractivity contribution in [1.82, 2.24) is 4.90 Å². The largest absolute Gasteiger partial charge is 0.493 e. The Labute approximate surface area is 216 Å². The lowest BCUT2D eigenvalue weighted by Gasteiger charge is -2.24. The number of fused-ring (bicyclic) bond motifs is 1. The SMILES string of the molecule is COc1cc(C(=O)N(CCC(=O)O)CCc2ccccc2)cc2c1O[C@@](C)(Cc1ccc(Cl)cc1)C2. The molecule has 0 saturated heterocycles. The van der Waals surface area contributed by atoms with Gasteiger partial charge in [0, 0.05) is 42.1 Å². The highest BCUT2D eigenvalue weighted by Crippen LogP contribution is 2.44. The number of nitrogens with zero attached hydrogens (tertiary/aromatic N) is 1. The molecular formula is C29H30ClNO5. The first-order valence-corrected chi connectivity index (χ1v) is 12.3. The van der Waals surface area contributed by atoms with Gasteiger partial charge in [-0.3, -0.25) is 9.59 Å². The third-order valence-electron chi connectivity index (χ3n) is 6.40. The van der Waals surface area contributed by atoms with Crippen molar-refractivity contribution >= 4 is 23.5 Å². The molecule has 36 heavy (non-hydrogen) atoms. The smallest absolute Gasteiger partial charge is 0.305 e. The van der Waals surface area contributed by atoms with E-state index in [1.54, 1.807) is 18.1 Å². The van der Waals surface area contributed by atoms with E-state index in [1.807, 2.05) is 67.6 Å². The Bertz CT molecular complexity index is 1230. The van der Waals surface area contributed by atoms with Gasteiger partial charge in [0.25, 0.3) is 5.91 Å². The summed E-state index contributed by atoms with van der Waals surface area (Å²) in [7, 11) is 1.56. The number of amides is 1. The van der Waals surface area contributed by atoms with Gasteiger partial charge in [0.05, 0.1) is 13.5 Å². The lowest BCUT2D eigenvalue weighted by atomic mass is 9.91. The minimum atomic E-state index is -0.939. The fourth-order valence-electron chi connectivity index (χ4n) is 4.64. The predicted molar refractivity (Wildman–Crippen MR) is 139 cm³/mol. The summed E-state index contributed by atoms with van der Waals surface area (Å²) in [6, 6.07) is 21.1. The summed E-state index contributed by atoms with van der Waals surface area (Å²) in [6.45, 7) is 2.59. The Morgan fingerprint density at radius 2 is 1.78 bits per heavy atom. The predicted octanol–water partition coefficient (Wildman–Crippen LogP) is 5.44. The number of carbonyl (C=O) groups excluding carboxylic acids is 1. The van der Waals surface area contributed by atoms with E-state index in [0.717, 1.165) is 16.7 Å². The molecule has 1 aliphatic rings. The fraction of sp³-hybridized carbons (Fsp3) is 0.310. The van der Waals surface area contributed by atoms with Crippen molar-refractivity contribution in [3.63, 3.8) is 0 Å². The number of halogens is 1. The van der Waals surface area contributed by atoms with Gasteiger partial charge in [-0.1, -0.05) is 54.1 Å². The van der Waals surface area contributed by atoms with E-state index in [0.29, 0.717) is 47.9 Å². The number of methoxy groups -OCH3 is 1. The zero-order valence-corrected chi connectivity index (χ0v) is 21.3. The minimum absolute atomic E-state index is 0.120. The number of carboxylic acid groups (broad SMARTS) is 1. The van der Waals surface area contributed by atoms with Crippen LogP contribution in [0.2, 0.25) is 5.02 Å². The quantitative estimate of drug-likeness (QED) is 0.395. The summed E-state index contributed by atoms with van der Waals surface area (Å²) < 4.78 is 12.0. The molecule has 0 aliphatic carbocycles. The minimum Gasteiger partial charge on any atom is -0.493 e. The molecule has 4 rings (SSSR count). The van der Waals surface area contributed by atoms with E-state index in [2.05, 4.69) is 0 Å². The van der Waals surface area contributed by atoms with Crippen molar-refractivity contribution in [2.24, 2.45) is 0 Å². The second-order valence-electron chi connectivity index (χ2n) is 9.37. The lowest BCUT2D eigenvalue weighted by Crippen LogP contribution is -2.35. The maximum atomic E-state index is 13.6. The van der Waals surface area contributed by atoms with Crippen molar-refractivity contribution in [2.75, 3.05) is 20.2 Å². The maximum absolute atomic E-state index is 13.6. The molecule has 0 fully saturated rings. The summed E-state index contributed by atoms with van der Waals surface area (Å²) in [5, 5.41) is 9.91. The molecule has 1 aliphatic heterocycles. The molecular weight excluding hydrogens is 478 g/mol. The Kier molecular flexibility index (Phi) is 7.85. The molecule has 3 aromatic rings. The molecule has 1 amide bonds. The molecule has 0 spiro atoms. The molecule has 3 aromatic carbocycles. The second-order valence-corrected chi connectivity index (χ2v) is 9.81. The molecule has 7 heteroatoms. The van der Waals surface area contributed by atoms with Gasteiger partial charge in [0.15, 0.2) is 11.5 Å². The third-order valence-corrected chi connectivity index (χ3v) is 6.65. The first-order chi connectivity index (χ1) is 17.3. The number of hydrogen-bond acceptors (Lipinski definition) is 4. The highest BCUT2D eigenvalue weighted by molar-refractivity contribution is 6.30. The van der Waals surface area contributed by atoms with E-state index < -0.39 is 11.6 Å². The van der Waals surface area contributed by atoms with Crippen LogP contribution in [0.5, 0.6) is 11.5 Å². The van der Waals surface area contributed by atoms with Crippen LogP contribution in [0, 0.1) is 0 Å². The van der Waals surface area contributed by atoms with Crippen LogP contribution in [0.15, 0.2) is 66.7 Å². The van der Waals surface area contributed by atoms with Crippen molar-refractivity contribution in [1.29, 1.82) is 0 Å². The summed E-state index contributed by atoms with van der Waals surface area (Å²) in [5.41, 5.74) is 3.05. The standard InChI is InChI=1S/C29H30ClNO5/c1-29(18-21-8-10-24(30)11-9-21)19-23-16-22(17-25(35-2)27(23)36-29)28(34)31(15-13-26(32)33)14-12-20-6-4-3-5-7-20/h3-11,16-17H,12-15,18-19H2,1-2H3,(H,32,33)/t29-/m0/s1. The van der Waals surface area contributed by atoms with Gasteiger partial charge in [-0.25, -0.2) is 0 Å². The van der Waals surface area contributed by atoms with Crippen LogP contribution in [0.1, 0.15) is 40.4 Å². The highest BCUT2D eigenvalue weighted by Gasteiger charge is 2.38. The molecule has 0 bridgehead atoms. The summed E-state index contributed by atoms with van der Waals surface area (Å²) in [6.07, 6.45) is 1.80. The van der Waals surface area contributed by atoms with Crippen LogP contribution >= 0.6 is 11.6 Å². The van der Waals surface area contributed by atoms with Gasteiger partial charge in [0.2, 0.25) is 0 Å². The fourth-order valence-corrected chi connectivity index (χ4v) is 4.76. The lowest BCUT2D eigenvalue weighted by molar-refractivity contribution is -0.137. The van der Waals surface area contributed by atoms with Crippen molar-refractivity contribution < 1.29 is 24.2 Å². The average molecular weight is 508 g/mol. The number of carbonyl (C=O) groups is 2. The van der Waals surface area contributed by atoms with Crippen molar-refractivity contribution in [3.8, 4) is 11.5 Å². The Hall–Kier alpha value is -3.51. The van der Waals surface area contributed by atoms with E-state index in [-0.39, 0.29) is 18.9 Å². The Morgan fingerprint density at radius 3 is 2.44 bits per heavy atom. The first-order valence-electron chi connectivity index (χ1n) is 12.0. The van der Waals surface area contributed by atoms with Crippen LogP contribution < -0.4 is 9.47 Å². The van der Waals surface area contributed by atoms with Gasteiger partial charge < -0.3 is 19.5 Å². The zero-order valence-electron chi connectivity index (χ0n) is 20.5. The van der Waals surface area contributed by atoms with E-state index in [9.17, 15) is 14.7 Å². The molecule has 6 nitrogen and oxygen atoms in total. The van der Waals surface area contributed by atoms with Crippen molar-refractivity contribution in [3.05, 3.63) is 94.0 Å². The summed E-state index contributed by atoms with van der Waals surface area (Å²) >= 11 is 6.03. The topological polar surface area (TPSA) is 76.1 Å². The number of hydrogen-bond donors (Lipinski definition) is 1. The molecule has 1 atom stereocenters. The molecule has 0 aromatic heterocycles. The molecule has 188 valence electrons. The maximum Gasteiger partial charge on any atom is 0.305 e. The number of ether oxygens (including phenoxy) is 2. The van der Waals surface area contributed by atoms with Crippen molar-refractivity contribution in [2.45, 2.75) is 38.2 Å². The van der Waals surface area contributed by atoms with Crippen LogP contribution in [-0.4, -0.2) is 47.7 Å². The van der Waals surface area contributed by atoms with E-state index in [4.69, 9.17) is 21.1 Å². The van der Waals surface area contributed by atoms with Gasteiger partial charge in [0.1, 0.15) is 5.60 Å². The molecule has 1 N–H and O–H groups in total. The van der Waals surface area contributed by atoms with Gasteiger partial charge >= 0.3 is 5.97 Å². The Morgan fingerprint density at radius 1 is 1.06 bits per heavy atom. The van der Waals surface area contributed by atoms with E-state index in [1.165, 1.54) is 0 Å². The molecule has 0 radical (unpaired) electrons. The molecule has 1 heterocycles. The molecule has 0 unspecified atom stereocenters. The number of benzene rings is 3. The van der Waals surface area contributed by atoms with Gasteiger partial charge in [-0.15, -0.1) is 0 Å². The van der Waals surface area contributed by atoms with Gasteiger partial charge in [-0.2, -0.15) is 0 Å². The van der Waals surface area contributed by atoms with Crippen LogP contribution in [0.25, 0.3) is 0 Å². The zero-order chi connectivity index (χ0) is 25.7. The third kappa shape index (κ3) is 6.18. The number of aliphatic carboxylic acids is 1. The second kappa shape index (κ2) is 11.0. The van der Waals surface area contributed by atoms with Crippen LogP contribution in [0.4, 0.5) is 0 Å².